The van der Waals surface area contributed by atoms with Crippen molar-refractivity contribution in [1.82, 2.24) is 0 Å². The maximum Gasteiger partial charge on any atom is 0.523 e. The molecule has 2 aliphatic heterocycles. The quantitative estimate of drug-likeness (QED) is 0.512. The Balaban J connectivity index is 2.11. The van der Waals surface area contributed by atoms with Gasteiger partial charge in [-0.15, -0.1) is 0 Å². The van der Waals surface area contributed by atoms with E-state index in [9.17, 15) is 26.7 Å². The number of halogens is 3. The molecule has 0 amide bonds. The summed E-state index contributed by atoms with van der Waals surface area (Å²) in [5.41, 5.74) is -5.66. The van der Waals surface area contributed by atoms with Crippen LogP contribution in [0.1, 0.15) is 13.8 Å². The highest BCUT2D eigenvalue weighted by atomic mass is 32.2. The first kappa shape index (κ1) is 17.8. The highest BCUT2D eigenvalue weighted by molar-refractivity contribution is 7.87. The zero-order valence-corrected chi connectivity index (χ0v) is 12.3. The number of hydrogen-bond acceptors (Lipinski definition) is 8. The van der Waals surface area contributed by atoms with Crippen LogP contribution in [0.4, 0.5) is 13.2 Å². The fourth-order valence-corrected chi connectivity index (χ4v) is 2.83. The van der Waals surface area contributed by atoms with Crippen molar-refractivity contribution in [2.45, 2.75) is 55.8 Å². The van der Waals surface area contributed by atoms with Crippen molar-refractivity contribution in [2.75, 3.05) is 6.61 Å². The van der Waals surface area contributed by atoms with Crippen LogP contribution in [0, 0.1) is 0 Å². The zero-order chi connectivity index (χ0) is 16.9. The monoisotopic (exact) mass is 352 g/mol. The Bertz CT molecular complexity index is 519. The van der Waals surface area contributed by atoms with Crippen LogP contribution in [-0.2, 0) is 28.5 Å². The lowest BCUT2D eigenvalue weighted by molar-refractivity contribution is -0.225. The fraction of sp³-hybridized carbons (Fsp3) is 1.00. The van der Waals surface area contributed by atoms with E-state index in [1.165, 1.54) is 13.8 Å². The van der Waals surface area contributed by atoms with E-state index in [0.29, 0.717) is 0 Å². The molecule has 12 heteroatoms. The zero-order valence-electron chi connectivity index (χ0n) is 11.5. The van der Waals surface area contributed by atoms with Crippen molar-refractivity contribution in [3.8, 4) is 0 Å². The van der Waals surface area contributed by atoms with E-state index in [1.807, 2.05) is 0 Å². The number of ether oxygens (including phenoxy) is 3. The molecule has 2 fully saturated rings. The van der Waals surface area contributed by atoms with Crippen LogP contribution in [-0.4, -0.2) is 67.2 Å². The summed E-state index contributed by atoms with van der Waals surface area (Å²) in [4.78, 5) is 0. The first-order valence-electron chi connectivity index (χ1n) is 6.17. The van der Waals surface area contributed by atoms with Crippen molar-refractivity contribution < 1.29 is 50.2 Å². The van der Waals surface area contributed by atoms with Gasteiger partial charge in [-0.05, 0) is 13.8 Å². The normalized spacial score (nSPS) is 36.3. The second-order valence-electron chi connectivity index (χ2n) is 5.28. The van der Waals surface area contributed by atoms with Gasteiger partial charge in [-0.25, -0.2) is 0 Å². The molecule has 2 aliphatic rings. The van der Waals surface area contributed by atoms with Gasteiger partial charge < -0.3 is 24.4 Å². The van der Waals surface area contributed by atoms with Crippen molar-refractivity contribution >= 4 is 10.1 Å². The van der Waals surface area contributed by atoms with Gasteiger partial charge in [0.2, 0.25) is 0 Å². The van der Waals surface area contributed by atoms with E-state index >= 15 is 0 Å². The maximum atomic E-state index is 12.3. The lowest BCUT2D eigenvalue weighted by atomic mass is 10.1. The number of hydrogen-bond donors (Lipinski definition) is 2. The first-order valence-corrected chi connectivity index (χ1v) is 7.58. The van der Waals surface area contributed by atoms with Crippen LogP contribution in [0.25, 0.3) is 0 Å². The molecule has 0 spiro atoms. The predicted octanol–water partition coefficient (Wildman–Crippen LogP) is -0.549. The SMILES string of the molecule is CC1(C)O[C@H]2O[C@H]([C@@H](CO)OS(=O)(=O)C(F)(F)F)[C@@H](O)[C@H]2O1. The molecule has 0 saturated carbocycles. The maximum absolute atomic E-state index is 12.3. The van der Waals surface area contributed by atoms with Crippen LogP contribution in [0.3, 0.4) is 0 Å². The third-order valence-corrected chi connectivity index (χ3v) is 4.20. The molecule has 0 aromatic heterocycles. The summed E-state index contributed by atoms with van der Waals surface area (Å²) >= 11 is 0. The summed E-state index contributed by atoms with van der Waals surface area (Å²) in [5.74, 6) is -1.07. The van der Waals surface area contributed by atoms with Gasteiger partial charge >= 0.3 is 15.6 Å². The Morgan fingerprint density at radius 1 is 1.32 bits per heavy atom. The van der Waals surface area contributed by atoms with Crippen LogP contribution in [0.5, 0.6) is 0 Å². The molecule has 8 nitrogen and oxygen atoms in total. The summed E-state index contributed by atoms with van der Waals surface area (Å²) in [6, 6.07) is 0. The number of rotatable bonds is 4. The molecule has 2 saturated heterocycles. The molecule has 0 unspecified atom stereocenters. The van der Waals surface area contributed by atoms with E-state index in [4.69, 9.17) is 19.3 Å². The minimum absolute atomic E-state index is 1.04. The van der Waals surface area contributed by atoms with Crippen LogP contribution >= 0.6 is 0 Å². The Morgan fingerprint density at radius 2 is 1.91 bits per heavy atom. The van der Waals surface area contributed by atoms with Gasteiger partial charge in [0.05, 0.1) is 6.61 Å². The summed E-state index contributed by atoms with van der Waals surface area (Å²) in [5, 5.41) is 19.1. The average Bonchev–Trinajstić information content (AvgIpc) is 2.79. The van der Waals surface area contributed by atoms with Gasteiger partial charge in [0, 0.05) is 0 Å². The van der Waals surface area contributed by atoms with E-state index in [0.717, 1.165) is 0 Å². The number of fused-ring (bicyclic) bond motifs is 1. The van der Waals surface area contributed by atoms with Crippen LogP contribution in [0.2, 0.25) is 0 Å². The largest absolute Gasteiger partial charge is 0.523 e. The van der Waals surface area contributed by atoms with Crippen molar-refractivity contribution in [2.24, 2.45) is 0 Å². The van der Waals surface area contributed by atoms with Gasteiger partial charge in [-0.3, -0.25) is 4.18 Å². The standard InChI is InChI=1S/C10H15F3O8S/c1-9(2)19-7-5(15)6(18-8(7)20-9)4(3-14)21-22(16,17)10(11,12)13/h4-8,14-15H,3H2,1-2H3/t4-,5-,6-,7-,8-/m1/s1. The molecule has 0 bridgehead atoms. The van der Waals surface area contributed by atoms with Crippen molar-refractivity contribution in [3.05, 3.63) is 0 Å². The fourth-order valence-electron chi connectivity index (χ4n) is 2.23. The predicted molar refractivity (Wildman–Crippen MR) is 61.6 cm³/mol. The molecule has 0 aliphatic carbocycles. The van der Waals surface area contributed by atoms with Gasteiger partial charge in [0.1, 0.15) is 24.4 Å². The lowest BCUT2D eigenvalue weighted by Crippen LogP contribution is -2.46. The number of aliphatic hydroxyl groups excluding tert-OH is 2. The molecule has 0 aromatic carbocycles. The summed E-state index contributed by atoms with van der Waals surface area (Å²) in [6.07, 6.45) is -7.20. The Labute approximate surface area is 123 Å². The molecule has 0 aromatic rings. The van der Waals surface area contributed by atoms with E-state index < -0.39 is 58.7 Å². The van der Waals surface area contributed by atoms with Crippen LogP contribution in [0.15, 0.2) is 0 Å². The minimum Gasteiger partial charge on any atom is -0.394 e. The molecular weight excluding hydrogens is 337 g/mol. The molecular formula is C10H15F3O8S. The second-order valence-corrected chi connectivity index (χ2v) is 6.84. The Morgan fingerprint density at radius 3 is 2.36 bits per heavy atom. The van der Waals surface area contributed by atoms with Gasteiger partial charge in [0.25, 0.3) is 0 Å². The van der Waals surface area contributed by atoms with Gasteiger partial charge in [0.15, 0.2) is 12.1 Å². The van der Waals surface area contributed by atoms with Crippen molar-refractivity contribution in [3.63, 3.8) is 0 Å². The molecule has 2 heterocycles. The van der Waals surface area contributed by atoms with E-state index in [2.05, 4.69) is 4.18 Å². The molecule has 2 N–H and O–H groups in total. The number of aliphatic hydroxyl groups is 2. The van der Waals surface area contributed by atoms with Crippen LogP contribution < -0.4 is 0 Å². The smallest absolute Gasteiger partial charge is 0.394 e. The molecule has 5 atom stereocenters. The lowest BCUT2D eigenvalue weighted by Gasteiger charge is -2.27. The second kappa shape index (κ2) is 5.54. The van der Waals surface area contributed by atoms with Gasteiger partial charge in [-0.1, -0.05) is 0 Å². The highest BCUT2D eigenvalue weighted by Gasteiger charge is 2.58. The van der Waals surface area contributed by atoms with Crippen molar-refractivity contribution in [1.29, 1.82) is 0 Å². The Kier molecular flexibility index (Phi) is 4.50. The molecule has 2 rings (SSSR count). The topological polar surface area (TPSA) is 112 Å². The van der Waals surface area contributed by atoms with E-state index in [-0.39, 0.29) is 0 Å². The van der Waals surface area contributed by atoms with Gasteiger partial charge in [-0.2, -0.15) is 21.6 Å². The molecule has 22 heavy (non-hydrogen) atoms. The minimum atomic E-state index is -5.95. The third-order valence-electron chi connectivity index (χ3n) is 3.13. The third kappa shape index (κ3) is 3.22. The molecule has 0 radical (unpaired) electrons. The summed E-state index contributed by atoms with van der Waals surface area (Å²) in [6.45, 7) is 1.94. The molecule has 130 valence electrons. The van der Waals surface area contributed by atoms with E-state index in [1.54, 1.807) is 0 Å². The summed E-state index contributed by atoms with van der Waals surface area (Å²) < 4.78 is 78.5. The first-order chi connectivity index (χ1) is 9.88. The summed E-state index contributed by atoms with van der Waals surface area (Å²) in [7, 11) is -5.95. The average molecular weight is 352 g/mol. The number of alkyl halides is 3. The highest BCUT2D eigenvalue weighted by Crippen LogP contribution is 2.39. The Hall–Kier alpha value is -0.500.